The van der Waals surface area contributed by atoms with Gasteiger partial charge in [-0.1, -0.05) is 0 Å². The Morgan fingerprint density at radius 1 is 1.16 bits per heavy atom. The number of primary amides is 1. The summed E-state index contributed by atoms with van der Waals surface area (Å²) in [5.41, 5.74) is 0.364. The molecule has 0 aliphatic heterocycles. The molecule has 1 fully saturated rings. The number of aliphatic hydroxyl groups is 3. The van der Waals surface area contributed by atoms with E-state index in [0.29, 0.717) is 0 Å². The van der Waals surface area contributed by atoms with Gasteiger partial charge in [-0.3, -0.25) is 24.1 Å². The predicted molar refractivity (Wildman–Crippen MR) is 158 cm³/mol. The van der Waals surface area contributed by atoms with Crippen LogP contribution < -0.4 is 16.4 Å². The molecule has 4 rings (SSSR count). The summed E-state index contributed by atoms with van der Waals surface area (Å²) in [5.74, 6) is -9.34. The second-order valence-electron chi connectivity index (χ2n) is 12.1. The average molecular weight is 648 g/mol. The van der Waals surface area contributed by atoms with Gasteiger partial charge in [0.05, 0.1) is 18.2 Å². The van der Waals surface area contributed by atoms with Gasteiger partial charge in [-0.15, -0.1) is 24.8 Å². The van der Waals surface area contributed by atoms with Crippen LogP contribution in [0.25, 0.3) is 5.76 Å². The number of nitrogens with zero attached hydrogens (tertiary/aromatic N) is 1. The monoisotopic (exact) mass is 646 g/mol. The minimum Gasteiger partial charge on any atom is -0.508 e. The van der Waals surface area contributed by atoms with E-state index in [0.717, 1.165) is 6.07 Å². The Labute approximate surface area is 260 Å². The Kier molecular flexibility index (Phi) is 10.4. The van der Waals surface area contributed by atoms with Crippen LogP contribution in [0.5, 0.6) is 5.75 Å². The topological polar surface area (TPSA) is 203 Å². The molecule has 4 atom stereocenters. The van der Waals surface area contributed by atoms with Gasteiger partial charge in [-0.05, 0) is 59.7 Å². The van der Waals surface area contributed by atoms with Gasteiger partial charge in [-0.25, -0.2) is 4.39 Å². The Morgan fingerprint density at radius 2 is 1.77 bits per heavy atom. The first kappa shape index (κ1) is 36.0. The number of carbonyl (C=O) groups excluding carboxylic acids is 4. The number of halogens is 3. The lowest BCUT2D eigenvalue weighted by Crippen LogP contribution is -2.65. The highest BCUT2D eigenvalue weighted by Gasteiger charge is 2.64. The first-order valence-electron chi connectivity index (χ1n) is 13.1. The molecule has 1 aromatic rings. The molecule has 8 N–H and O–H groups in total. The van der Waals surface area contributed by atoms with Crippen molar-refractivity contribution in [2.24, 2.45) is 17.6 Å². The standard InChI is InChI=1S/C28H35FN4O8.2ClH/c1-27(2,3)32-10-16(34)31-9-12-8-15(29)13-6-11-7-14-20(33(4)5)23(37)19(26(30)40)25(39)28(14,41)24(38)17(11)22(36)18(13)21(12)35;;/h8,11,14,20,32,35-36,39,41H,6-7,9-10H2,1-5H3,(H2,30,40)(H,31,34);2*1H/t11-,14-,20-,28-;;/m0../s1. The minimum atomic E-state index is -2.79. The summed E-state index contributed by atoms with van der Waals surface area (Å²) in [5, 5.41) is 50.3. The average Bonchev–Trinajstić information content (AvgIpc) is 2.85. The Balaban J connectivity index is 0.00000323. The van der Waals surface area contributed by atoms with E-state index in [1.165, 1.54) is 19.0 Å². The van der Waals surface area contributed by atoms with E-state index in [9.17, 15) is 39.6 Å². The summed E-state index contributed by atoms with van der Waals surface area (Å²) in [6.45, 7) is 5.29. The smallest absolute Gasteiger partial charge is 0.255 e. The van der Waals surface area contributed by atoms with Crippen molar-refractivity contribution in [1.29, 1.82) is 0 Å². The third-order valence-electron chi connectivity index (χ3n) is 8.00. The number of likely N-dealkylation sites (N-methyl/N-ethyl adjacent to an activating group) is 1. The van der Waals surface area contributed by atoms with E-state index in [1.807, 2.05) is 20.8 Å². The van der Waals surface area contributed by atoms with Crippen LogP contribution in [0.15, 0.2) is 23.0 Å². The molecule has 1 aromatic carbocycles. The molecule has 0 heterocycles. The summed E-state index contributed by atoms with van der Waals surface area (Å²) in [4.78, 5) is 52.7. The highest BCUT2D eigenvalue weighted by atomic mass is 35.5. The van der Waals surface area contributed by atoms with E-state index in [2.05, 4.69) is 10.6 Å². The van der Waals surface area contributed by atoms with Gasteiger partial charge in [0.1, 0.15) is 28.7 Å². The second-order valence-corrected chi connectivity index (χ2v) is 12.1. The molecule has 15 heteroatoms. The number of nitrogens with two attached hydrogens (primary N) is 1. The molecule has 0 saturated heterocycles. The van der Waals surface area contributed by atoms with Gasteiger partial charge in [0.25, 0.3) is 5.91 Å². The van der Waals surface area contributed by atoms with Crippen LogP contribution >= 0.6 is 24.8 Å². The van der Waals surface area contributed by atoms with Crippen molar-refractivity contribution in [2.45, 2.75) is 57.3 Å². The van der Waals surface area contributed by atoms with Crippen LogP contribution in [0.4, 0.5) is 4.39 Å². The summed E-state index contributed by atoms with van der Waals surface area (Å²) < 4.78 is 15.4. The number of ketones is 2. The number of Topliss-reactive ketones (excluding diaryl/α,β-unsaturated/α-hetero) is 2. The molecule has 238 valence electrons. The number of nitrogens with one attached hydrogen (secondary N) is 2. The normalized spacial score (nSPS) is 24.9. The number of hydrogen-bond donors (Lipinski definition) is 7. The molecular formula is C28H37Cl2FN4O8. The number of benzene rings is 1. The molecule has 0 aromatic heterocycles. The van der Waals surface area contributed by atoms with E-state index in [1.54, 1.807) is 0 Å². The van der Waals surface area contributed by atoms with Crippen molar-refractivity contribution in [3.05, 3.63) is 45.5 Å². The van der Waals surface area contributed by atoms with Crippen LogP contribution in [-0.4, -0.2) is 86.5 Å². The van der Waals surface area contributed by atoms with Crippen molar-refractivity contribution in [1.82, 2.24) is 15.5 Å². The molecule has 0 radical (unpaired) electrons. The minimum absolute atomic E-state index is 0. The lowest BCUT2D eigenvalue weighted by molar-refractivity contribution is -0.153. The van der Waals surface area contributed by atoms with Crippen molar-refractivity contribution >= 4 is 54.0 Å². The Bertz CT molecular complexity index is 1440. The van der Waals surface area contributed by atoms with Gasteiger partial charge in [0, 0.05) is 34.7 Å². The number of phenolic OH excluding ortho intramolecular Hbond substituents is 1. The molecule has 3 aliphatic rings. The number of phenols is 1. The van der Waals surface area contributed by atoms with Crippen molar-refractivity contribution < 1.29 is 44.0 Å². The van der Waals surface area contributed by atoms with E-state index >= 15 is 4.39 Å². The number of aliphatic hydroxyl groups excluding tert-OH is 2. The molecule has 1 saturated carbocycles. The summed E-state index contributed by atoms with van der Waals surface area (Å²) in [7, 11) is 2.98. The number of carbonyl (C=O) groups is 4. The number of hydrogen-bond acceptors (Lipinski definition) is 10. The number of amides is 2. The molecule has 43 heavy (non-hydrogen) atoms. The van der Waals surface area contributed by atoms with E-state index in [4.69, 9.17) is 5.73 Å². The largest absolute Gasteiger partial charge is 0.508 e. The van der Waals surface area contributed by atoms with Crippen LogP contribution in [0.3, 0.4) is 0 Å². The first-order valence-corrected chi connectivity index (χ1v) is 13.1. The lowest BCUT2D eigenvalue weighted by atomic mass is 9.57. The van der Waals surface area contributed by atoms with Crippen molar-refractivity contribution in [2.75, 3.05) is 20.6 Å². The van der Waals surface area contributed by atoms with Crippen LogP contribution in [0.1, 0.15) is 43.9 Å². The number of rotatable bonds is 6. The maximum absolute atomic E-state index is 15.4. The fourth-order valence-corrected chi connectivity index (χ4v) is 6.05. The predicted octanol–water partition coefficient (Wildman–Crippen LogP) is 0.951. The van der Waals surface area contributed by atoms with Crippen LogP contribution in [-0.2, 0) is 32.1 Å². The third-order valence-corrected chi connectivity index (χ3v) is 8.00. The zero-order valence-electron chi connectivity index (χ0n) is 24.3. The maximum Gasteiger partial charge on any atom is 0.255 e. The van der Waals surface area contributed by atoms with Crippen molar-refractivity contribution in [3.8, 4) is 5.75 Å². The molecule has 3 aliphatic carbocycles. The van der Waals surface area contributed by atoms with Gasteiger partial charge in [0.2, 0.25) is 11.7 Å². The molecule has 0 bridgehead atoms. The number of aromatic hydroxyl groups is 1. The third kappa shape index (κ3) is 5.96. The summed E-state index contributed by atoms with van der Waals surface area (Å²) in [6.07, 6.45) is -0.319. The highest BCUT2D eigenvalue weighted by Crippen LogP contribution is 2.53. The van der Waals surface area contributed by atoms with E-state index in [-0.39, 0.29) is 78.5 Å². The molecule has 2 amide bonds. The zero-order valence-corrected chi connectivity index (χ0v) is 25.9. The first-order chi connectivity index (χ1) is 18.9. The quantitative estimate of drug-likeness (QED) is 0.218. The van der Waals surface area contributed by atoms with Crippen molar-refractivity contribution in [3.63, 3.8) is 0 Å². The summed E-state index contributed by atoms with van der Waals surface area (Å²) in [6, 6.07) is -0.199. The van der Waals surface area contributed by atoms with Gasteiger partial charge >= 0.3 is 0 Å². The summed E-state index contributed by atoms with van der Waals surface area (Å²) >= 11 is 0. The molecule has 0 spiro atoms. The Hall–Kier alpha value is -3.23. The van der Waals surface area contributed by atoms with Crippen LogP contribution in [0.2, 0.25) is 0 Å². The van der Waals surface area contributed by atoms with Gasteiger partial charge in [0.15, 0.2) is 11.4 Å². The lowest BCUT2D eigenvalue weighted by Gasteiger charge is -2.50. The SMILES string of the molecule is CN(C)[C@@H]1C(=O)C(C(N)=O)=C(O)[C@@]2(O)C(=O)C3=C(O)c4c(O)c(CNC(=O)CNC(C)(C)C)cc(F)c4C[C@H]3C[C@@H]12.Cl.Cl. The van der Waals surface area contributed by atoms with E-state index < -0.39 is 75.5 Å². The molecule has 0 unspecified atom stereocenters. The van der Waals surface area contributed by atoms with Gasteiger partial charge in [-0.2, -0.15) is 0 Å². The van der Waals surface area contributed by atoms with Crippen LogP contribution in [0, 0.1) is 17.7 Å². The maximum atomic E-state index is 15.4. The molecule has 12 nitrogen and oxygen atoms in total. The zero-order chi connectivity index (χ0) is 30.8. The highest BCUT2D eigenvalue weighted by molar-refractivity contribution is 6.24. The second kappa shape index (κ2) is 12.4. The van der Waals surface area contributed by atoms with Gasteiger partial charge < -0.3 is 36.8 Å². The number of fused-ring (bicyclic) bond motifs is 3. The fraction of sp³-hybridized carbons (Fsp3) is 0.500. The Morgan fingerprint density at radius 3 is 2.30 bits per heavy atom. The molecular weight excluding hydrogens is 610 g/mol. The fourth-order valence-electron chi connectivity index (χ4n) is 6.05.